The minimum atomic E-state index is -0.118. The smallest absolute Gasteiger partial charge is 0.236 e. The van der Waals surface area contributed by atoms with Crippen molar-refractivity contribution in [3.05, 3.63) is 21.9 Å². The minimum absolute atomic E-state index is 0.0730. The van der Waals surface area contributed by atoms with Crippen LogP contribution in [0.2, 0.25) is 0 Å². The molecular formula is C14H24N2OS. The van der Waals surface area contributed by atoms with Gasteiger partial charge < -0.3 is 5.32 Å². The zero-order chi connectivity index (χ0) is 13.7. The predicted molar refractivity (Wildman–Crippen MR) is 77.9 cm³/mol. The molecule has 4 heteroatoms. The minimum Gasteiger partial charge on any atom is -0.358 e. The zero-order valence-electron chi connectivity index (χ0n) is 11.9. The molecule has 1 amide bonds. The quantitative estimate of drug-likeness (QED) is 0.833. The molecule has 0 saturated heterocycles. The van der Waals surface area contributed by atoms with E-state index < -0.39 is 0 Å². The molecule has 1 aromatic rings. The molecule has 2 unspecified atom stereocenters. The maximum atomic E-state index is 11.8. The molecule has 0 fully saturated rings. The fraction of sp³-hybridized carbons (Fsp3) is 0.643. The first-order chi connectivity index (χ1) is 8.43. The molecule has 2 N–H and O–H groups in total. The van der Waals surface area contributed by atoms with E-state index in [0.717, 1.165) is 6.42 Å². The molecule has 0 aliphatic carbocycles. The number of hydrogen-bond donors (Lipinski definition) is 2. The highest BCUT2D eigenvalue weighted by molar-refractivity contribution is 7.12. The van der Waals surface area contributed by atoms with Gasteiger partial charge in [-0.3, -0.25) is 10.1 Å². The van der Waals surface area contributed by atoms with E-state index in [1.165, 1.54) is 9.75 Å². The highest BCUT2D eigenvalue weighted by atomic mass is 32.1. The second-order valence-electron chi connectivity index (χ2n) is 5.13. The third-order valence-electron chi connectivity index (χ3n) is 2.91. The number of nitrogens with one attached hydrogen (secondary N) is 2. The number of rotatable bonds is 6. The largest absolute Gasteiger partial charge is 0.358 e. The fourth-order valence-corrected chi connectivity index (χ4v) is 2.86. The van der Waals surface area contributed by atoms with Crippen LogP contribution in [0.1, 0.15) is 43.0 Å². The first-order valence-corrected chi connectivity index (χ1v) is 7.29. The lowest BCUT2D eigenvalue weighted by Gasteiger charge is -2.23. The molecule has 0 spiro atoms. The molecule has 0 radical (unpaired) electrons. The SMILES string of the molecule is CNC(=O)C(CC(C)C)NC(C)c1ccc(C)s1. The Balaban J connectivity index is 2.67. The molecule has 18 heavy (non-hydrogen) atoms. The lowest BCUT2D eigenvalue weighted by molar-refractivity contribution is -0.123. The van der Waals surface area contributed by atoms with Gasteiger partial charge in [0.05, 0.1) is 6.04 Å². The second kappa shape index (κ2) is 6.90. The van der Waals surface area contributed by atoms with Crippen LogP contribution in [0.15, 0.2) is 12.1 Å². The fourth-order valence-electron chi connectivity index (χ4n) is 1.97. The van der Waals surface area contributed by atoms with E-state index in [1.54, 1.807) is 18.4 Å². The van der Waals surface area contributed by atoms with Crippen LogP contribution in [-0.4, -0.2) is 19.0 Å². The Morgan fingerprint density at radius 2 is 2.00 bits per heavy atom. The molecule has 0 saturated carbocycles. The lowest BCUT2D eigenvalue weighted by atomic mass is 10.0. The molecule has 1 rings (SSSR count). The van der Waals surface area contributed by atoms with Crippen LogP contribution in [0.4, 0.5) is 0 Å². The average Bonchev–Trinajstić information content (AvgIpc) is 2.73. The van der Waals surface area contributed by atoms with Gasteiger partial charge in [-0.25, -0.2) is 0 Å². The van der Waals surface area contributed by atoms with Crippen molar-refractivity contribution in [1.82, 2.24) is 10.6 Å². The van der Waals surface area contributed by atoms with Gasteiger partial charge in [0.1, 0.15) is 0 Å². The molecule has 2 atom stereocenters. The lowest BCUT2D eigenvalue weighted by Crippen LogP contribution is -2.44. The van der Waals surface area contributed by atoms with Gasteiger partial charge in [0.2, 0.25) is 5.91 Å². The van der Waals surface area contributed by atoms with Crippen molar-refractivity contribution in [3.8, 4) is 0 Å². The summed E-state index contributed by atoms with van der Waals surface area (Å²) in [5.41, 5.74) is 0. The average molecular weight is 268 g/mol. The van der Waals surface area contributed by atoms with E-state index in [-0.39, 0.29) is 18.0 Å². The van der Waals surface area contributed by atoms with Crippen LogP contribution in [0, 0.1) is 12.8 Å². The van der Waals surface area contributed by atoms with E-state index in [2.05, 4.69) is 50.5 Å². The van der Waals surface area contributed by atoms with Crippen molar-refractivity contribution in [3.63, 3.8) is 0 Å². The van der Waals surface area contributed by atoms with Gasteiger partial charge in [-0.05, 0) is 38.3 Å². The van der Waals surface area contributed by atoms with Crippen LogP contribution < -0.4 is 10.6 Å². The van der Waals surface area contributed by atoms with Crippen molar-refractivity contribution in [2.75, 3.05) is 7.05 Å². The van der Waals surface area contributed by atoms with Gasteiger partial charge in [-0.2, -0.15) is 0 Å². The van der Waals surface area contributed by atoms with Crippen LogP contribution in [0.25, 0.3) is 0 Å². The first-order valence-electron chi connectivity index (χ1n) is 6.48. The van der Waals surface area contributed by atoms with Gasteiger partial charge in [-0.1, -0.05) is 13.8 Å². The number of carbonyl (C=O) groups excluding carboxylic acids is 1. The molecular weight excluding hydrogens is 244 g/mol. The summed E-state index contributed by atoms with van der Waals surface area (Å²) >= 11 is 1.78. The standard InChI is InChI=1S/C14H24N2OS/c1-9(2)8-12(14(17)15-5)16-11(4)13-7-6-10(3)18-13/h6-7,9,11-12,16H,8H2,1-5H3,(H,15,17). The summed E-state index contributed by atoms with van der Waals surface area (Å²) in [7, 11) is 1.69. The number of carbonyl (C=O) groups is 1. The Kier molecular flexibility index (Phi) is 5.82. The number of amides is 1. The summed E-state index contributed by atoms with van der Waals surface area (Å²) in [4.78, 5) is 14.4. The number of likely N-dealkylation sites (N-methyl/N-ethyl adjacent to an activating group) is 1. The van der Waals surface area contributed by atoms with E-state index in [4.69, 9.17) is 0 Å². The van der Waals surface area contributed by atoms with Crippen LogP contribution in [0.5, 0.6) is 0 Å². The number of aryl methyl sites for hydroxylation is 1. The Bertz CT molecular complexity index is 387. The maximum absolute atomic E-state index is 11.8. The van der Waals surface area contributed by atoms with Crippen molar-refractivity contribution in [2.45, 2.75) is 46.2 Å². The number of thiophene rings is 1. The second-order valence-corrected chi connectivity index (χ2v) is 6.45. The molecule has 0 aliphatic rings. The topological polar surface area (TPSA) is 41.1 Å². The summed E-state index contributed by atoms with van der Waals surface area (Å²) in [5, 5.41) is 6.16. The Labute approximate surface area is 114 Å². The maximum Gasteiger partial charge on any atom is 0.236 e. The molecule has 1 heterocycles. The highest BCUT2D eigenvalue weighted by Gasteiger charge is 2.21. The third-order valence-corrected chi connectivity index (χ3v) is 4.09. The van der Waals surface area contributed by atoms with Crippen LogP contribution >= 0.6 is 11.3 Å². The van der Waals surface area contributed by atoms with Crippen LogP contribution in [0.3, 0.4) is 0 Å². The van der Waals surface area contributed by atoms with Crippen molar-refractivity contribution in [1.29, 1.82) is 0 Å². The predicted octanol–water partition coefficient (Wildman–Crippen LogP) is 2.87. The highest BCUT2D eigenvalue weighted by Crippen LogP contribution is 2.23. The van der Waals surface area contributed by atoms with E-state index in [1.807, 2.05) is 0 Å². The summed E-state index contributed by atoms with van der Waals surface area (Å²) in [5.74, 6) is 0.570. The zero-order valence-corrected chi connectivity index (χ0v) is 12.7. The third kappa shape index (κ3) is 4.42. The summed E-state index contributed by atoms with van der Waals surface area (Å²) in [6.07, 6.45) is 0.856. The van der Waals surface area contributed by atoms with E-state index in [9.17, 15) is 4.79 Å². The Hall–Kier alpha value is -0.870. The van der Waals surface area contributed by atoms with Crippen LogP contribution in [-0.2, 0) is 4.79 Å². The van der Waals surface area contributed by atoms with Crippen molar-refractivity contribution in [2.24, 2.45) is 5.92 Å². The van der Waals surface area contributed by atoms with Gasteiger partial charge in [0.25, 0.3) is 0 Å². The molecule has 3 nitrogen and oxygen atoms in total. The van der Waals surface area contributed by atoms with Gasteiger partial charge >= 0.3 is 0 Å². The van der Waals surface area contributed by atoms with E-state index in [0.29, 0.717) is 5.92 Å². The molecule has 102 valence electrons. The van der Waals surface area contributed by atoms with Gasteiger partial charge in [0.15, 0.2) is 0 Å². The van der Waals surface area contributed by atoms with E-state index >= 15 is 0 Å². The monoisotopic (exact) mass is 268 g/mol. The van der Waals surface area contributed by atoms with Gasteiger partial charge in [0, 0.05) is 22.8 Å². The Morgan fingerprint density at radius 3 is 2.44 bits per heavy atom. The Morgan fingerprint density at radius 1 is 1.33 bits per heavy atom. The normalized spacial score (nSPS) is 14.6. The summed E-state index contributed by atoms with van der Waals surface area (Å²) < 4.78 is 0. The van der Waals surface area contributed by atoms with Crippen molar-refractivity contribution >= 4 is 17.2 Å². The molecule has 0 aliphatic heterocycles. The molecule has 1 aromatic heterocycles. The molecule has 0 bridgehead atoms. The first kappa shape index (κ1) is 15.2. The summed E-state index contributed by atoms with van der Waals surface area (Å²) in [6, 6.07) is 4.35. The summed E-state index contributed by atoms with van der Waals surface area (Å²) in [6.45, 7) is 8.49. The van der Waals surface area contributed by atoms with Crippen molar-refractivity contribution < 1.29 is 4.79 Å². The molecule has 0 aromatic carbocycles. The van der Waals surface area contributed by atoms with Gasteiger partial charge in [-0.15, -0.1) is 11.3 Å². The number of hydrogen-bond acceptors (Lipinski definition) is 3.